The molecule has 0 bridgehead atoms. The molecule has 0 fully saturated rings. The fourth-order valence-electron chi connectivity index (χ4n) is 2.32. The third-order valence-corrected chi connectivity index (χ3v) is 3.66. The number of amides is 2. The molecule has 0 spiro atoms. The number of carbonyl (C=O) groups is 2. The molecular formula is C18H22N2O4. The first kappa shape index (κ1) is 17.6. The molecule has 2 rings (SSSR count). The molecule has 0 aliphatic rings. The zero-order valence-electron chi connectivity index (χ0n) is 14.0. The number of benzene rings is 1. The molecule has 2 amide bonds. The van der Waals surface area contributed by atoms with Crippen molar-refractivity contribution in [2.24, 2.45) is 0 Å². The smallest absolute Gasteiger partial charge is 0.287 e. The van der Waals surface area contributed by atoms with Crippen molar-refractivity contribution in [3.63, 3.8) is 0 Å². The Balaban J connectivity index is 1.81. The van der Waals surface area contributed by atoms with Crippen molar-refractivity contribution in [3.05, 3.63) is 54.0 Å². The van der Waals surface area contributed by atoms with Crippen LogP contribution in [0.25, 0.3) is 0 Å². The maximum atomic E-state index is 11.8. The van der Waals surface area contributed by atoms with Gasteiger partial charge in [0.2, 0.25) is 5.91 Å². The molecule has 0 saturated heterocycles. The number of hydrogen-bond acceptors (Lipinski definition) is 4. The van der Waals surface area contributed by atoms with Gasteiger partial charge in [0.05, 0.1) is 13.4 Å². The predicted octanol–water partition coefficient (Wildman–Crippen LogP) is 2.11. The average molecular weight is 330 g/mol. The molecule has 0 aliphatic carbocycles. The summed E-state index contributed by atoms with van der Waals surface area (Å²) >= 11 is 0. The number of hydrogen-bond donors (Lipinski definition) is 1. The number of carbonyl (C=O) groups excluding carboxylic acids is 2. The second-order valence-corrected chi connectivity index (χ2v) is 5.34. The molecule has 0 aliphatic heterocycles. The Morgan fingerprint density at radius 3 is 2.71 bits per heavy atom. The van der Waals surface area contributed by atoms with Crippen LogP contribution in [0.15, 0.2) is 47.1 Å². The van der Waals surface area contributed by atoms with E-state index in [9.17, 15) is 9.59 Å². The Morgan fingerprint density at radius 2 is 2.04 bits per heavy atom. The van der Waals surface area contributed by atoms with Gasteiger partial charge in [0.25, 0.3) is 5.91 Å². The van der Waals surface area contributed by atoms with Crippen molar-refractivity contribution in [2.75, 3.05) is 26.7 Å². The van der Waals surface area contributed by atoms with Gasteiger partial charge in [0, 0.05) is 26.6 Å². The highest BCUT2D eigenvalue weighted by molar-refractivity contribution is 5.91. The Bertz CT molecular complexity index is 667. The highest BCUT2D eigenvalue weighted by Gasteiger charge is 2.11. The molecule has 0 saturated carbocycles. The molecule has 1 heterocycles. The highest BCUT2D eigenvalue weighted by atomic mass is 16.5. The number of rotatable bonds is 8. The van der Waals surface area contributed by atoms with Crippen LogP contribution in [0.4, 0.5) is 0 Å². The van der Waals surface area contributed by atoms with Gasteiger partial charge in [-0.05, 0) is 36.2 Å². The van der Waals surface area contributed by atoms with Crippen LogP contribution in [-0.4, -0.2) is 43.5 Å². The first-order valence-electron chi connectivity index (χ1n) is 7.80. The number of ether oxygens (including phenoxy) is 1. The molecule has 2 aromatic rings. The quantitative estimate of drug-likeness (QED) is 0.805. The Labute approximate surface area is 141 Å². The summed E-state index contributed by atoms with van der Waals surface area (Å²) in [7, 11) is 1.63. The van der Waals surface area contributed by atoms with Crippen molar-refractivity contribution in [2.45, 2.75) is 13.3 Å². The summed E-state index contributed by atoms with van der Waals surface area (Å²) in [4.78, 5) is 25.3. The molecule has 0 unspecified atom stereocenters. The van der Waals surface area contributed by atoms with Crippen LogP contribution < -0.4 is 10.1 Å². The Morgan fingerprint density at radius 1 is 1.21 bits per heavy atom. The van der Waals surface area contributed by atoms with Crippen molar-refractivity contribution >= 4 is 11.8 Å². The minimum atomic E-state index is -0.281. The summed E-state index contributed by atoms with van der Waals surface area (Å²) in [5.74, 6) is 0.759. The molecule has 6 heteroatoms. The van der Waals surface area contributed by atoms with Gasteiger partial charge in [-0.3, -0.25) is 9.59 Å². The number of nitrogens with zero attached hydrogens (tertiary/aromatic N) is 1. The molecule has 24 heavy (non-hydrogen) atoms. The van der Waals surface area contributed by atoms with E-state index in [0.29, 0.717) is 19.6 Å². The second kappa shape index (κ2) is 8.76. The molecule has 128 valence electrons. The molecule has 6 nitrogen and oxygen atoms in total. The molecule has 1 N–H and O–H groups in total. The fourth-order valence-corrected chi connectivity index (χ4v) is 2.32. The van der Waals surface area contributed by atoms with Crippen LogP contribution in [0.1, 0.15) is 23.0 Å². The predicted molar refractivity (Wildman–Crippen MR) is 90.0 cm³/mol. The SMILES string of the molecule is COc1cccc(CCN(CCNC(=O)c2ccco2)C(C)=O)c1. The standard InChI is InChI=1S/C18H22N2O4/c1-14(21)20(10-8-15-5-3-6-16(13-15)23-2)11-9-19-18(22)17-7-4-12-24-17/h3-7,12-13H,8-11H2,1-2H3,(H,19,22). The number of furan rings is 1. The molecule has 0 atom stereocenters. The average Bonchev–Trinajstić information content (AvgIpc) is 3.12. The summed E-state index contributed by atoms with van der Waals surface area (Å²) in [5, 5.41) is 2.74. The van der Waals surface area contributed by atoms with Crippen LogP contribution in [0.5, 0.6) is 5.75 Å². The van der Waals surface area contributed by atoms with E-state index >= 15 is 0 Å². The Kier molecular flexibility index (Phi) is 6.42. The van der Waals surface area contributed by atoms with Gasteiger partial charge in [-0.15, -0.1) is 0 Å². The second-order valence-electron chi connectivity index (χ2n) is 5.34. The van der Waals surface area contributed by atoms with Crippen LogP contribution >= 0.6 is 0 Å². The Hall–Kier alpha value is -2.76. The van der Waals surface area contributed by atoms with E-state index in [2.05, 4.69) is 5.32 Å². The van der Waals surface area contributed by atoms with Crippen molar-refractivity contribution < 1.29 is 18.7 Å². The van der Waals surface area contributed by atoms with Crippen LogP contribution in [0, 0.1) is 0 Å². The van der Waals surface area contributed by atoms with E-state index in [4.69, 9.17) is 9.15 Å². The van der Waals surface area contributed by atoms with E-state index in [-0.39, 0.29) is 17.6 Å². The molecule has 1 aromatic heterocycles. The first-order chi connectivity index (χ1) is 11.6. The van der Waals surface area contributed by atoms with Gasteiger partial charge in [-0.1, -0.05) is 12.1 Å². The summed E-state index contributed by atoms with van der Waals surface area (Å²) in [5.41, 5.74) is 1.10. The van der Waals surface area contributed by atoms with E-state index in [1.54, 1.807) is 24.1 Å². The summed E-state index contributed by atoms with van der Waals surface area (Å²) in [6.45, 7) is 2.93. The van der Waals surface area contributed by atoms with Gasteiger partial charge in [-0.25, -0.2) is 0 Å². The lowest BCUT2D eigenvalue weighted by Crippen LogP contribution is -2.38. The van der Waals surface area contributed by atoms with Gasteiger partial charge >= 0.3 is 0 Å². The van der Waals surface area contributed by atoms with Gasteiger partial charge in [-0.2, -0.15) is 0 Å². The van der Waals surface area contributed by atoms with Crippen molar-refractivity contribution in [3.8, 4) is 5.75 Å². The third kappa shape index (κ3) is 5.15. The third-order valence-electron chi connectivity index (χ3n) is 3.66. The number of methoxy groups -OCH3 is 1. The number of nitrogens with one attached hydrogen (secondary N) is 1. The van der Waals surface area contributed by atoms with Crippen molar-refractivity contribution in [1.29, 1.82) is 0 Å². The van der Waals surface area contributed by atoms with Crippen molar-refractivity contribution in [1.82, 2.24) is 10.2 Å². The lowest BCUT2D eigenvalue weighted by atomic mass is 10.1. The summed E-state index contributed by atoms with van der Waals surface area (Å²) in [6.07, 6.45) is 2.17. The maximum absolute atomic E-state index is 11.8. The normalized spacial score (nSPS) is 10.2. The zero-order chi connectivity index (χ0) is 17.4. The van der Waals surface area contributed by atoms with E-state index in [0.717, 1.165) is 17.7 Å². The van der Waals surface area contributed by atoms with E-state index in [1.165, 1.54) is 13.2 Å². The largest absolute Gasteiger partial charge is 0.497 e. The maximum Gasteiger partial charge on any atom is 0.287 e. The van der Waals surface area contributed by atoms with Gasteiger partial charge in [0.15, 0.2) is 5.76 Å². The fraction of sp³-hybridized carbons (Fsp3) is 0.333. The summed E-state index contributed by atoms with van der Waals surface area (Å²) in [6, 6.07) is 11.0. The highest BCUT2D eigenvalue weighted by Crippen LogP contribution is 2.13. The van der Waals surface area contributed by atoms with Crippen LogP contribution in [-0.2, 0) is 11.2 Å². The van der Waals surface area contributed by atoms with E-state index < -0.39 is 0 Å². The first-order valence-corrected chi connectivity index (χ1v) is 7.80. The molecule has 1 aromatic carbocycles. The molecular weight excluding hydrogens is 308 g/mol. The summed E-state index contributed by atoms with van der Waals surface area (Å²) < 4.78 is 10.2. The van der Waals surface area contributed by atoms with Crippen LogP contribution in [0.3, 0.4) is 0 Å². The lowest BCUT2D eigenvalue weighted by Gasteiger charge is -2.21. The monoisotopic (exact) mass is 330 g/mol. The minimum Gasteiger partial charge on any atom is -0.497 e. The molecule has 0 radical (unpaired) electrons. The van der Waals surface area contributed by atoms with Gasteiger partial charge < -0.3 is 19.4 Å². The van der Waals surface area contributed by atoms with Crippen LogP contribution in [0.2, 0.25) is 0 Å². The minimum absolute atomic E-state index is 0.0230. The zero-order valence-corrected chi connectivity index (χ0v) is 14.0. The topological polar surface area (TPSA) is 71.8 Å². The lowest BCUT2D eigenvalue weighted by molar-refractivity contribution is -0.128. The van der Waals surface area contributed by atoms with Gasteiger partial charge in [0.1, 0.15) is 5.75 Å². The van der Waals surface area contributed by atoms with E-state index in [1.807, 2.05) is 24.3 Å².